The Morgan fingerprint density at radius 2 is 1.88 bits per heavy atom. The number of unbranched alkanes of at least 4 members (excludes halogenated alkanes) is 3. The summed E-state index contributed by atoms with van der Waals surface area (Å²) in [5.74, 6) is 3.51. The highest BCUT2D eigenvalue weighted by Gasteiger charge is 2.03. The molecule has 0 bridgehead atoms. The van der Waals surface area contributed by atoms with E-state index in [0.717, 1.165) is 17.7 Å². The highest BCUT2D eigenvalue weighted by Crippen LogP contribution is 2.16. The van der Waals surface area contributed by atoms with Gasteiger partial charge in [0.15, 0.2) is 0 Å². The topological polar surface area (TPSA) is 9.23 Å². The van der Waals surface area contributed by atoms with Crippen LogP contribution in [0.2, 0.25) is 0 Å². The first-order chi connectivity index (χ1) is 8.26. The van der Waals surface area contributed by atoms with Crippen LogP contribution in [0, 0.1) is 12.3 Å². The Balaban J connectivity index is 2.30. The number of terminal acetylenes is 1. The van der Waals surface area contributed by atoms with Crippen LogP contribution in [0.4, 0.5) is 0 Å². The highest BCUT2D eigenvalue weighted by atomic mass is 16.5. The van der Waals surface area contributed by atoms with Crippen LogP contribution < -0.4 is 4.74 Å². The van der Waals surface area contributed by atoms with E-state index in [4.69, 9.17) is 11.2 Å². The van der Waals surface area contributed by atoms with Crippen molar-refractivity contribution in [3.8, 4) is 18.1 Å². The van der Waals surface area contributed by atoms with E-state index >= 15 is 0 Å². The summed E-state index contributed by atoms with van der Waals surface area (Å²) >= 11 is 0. The zero-order valence-corrected chi connectivity index (χ0v) is 10.9. The average Bonchev–Trinajstić information content (AvgIpc) is 2.36. The Hall–Kier alpha value is -1.42. The molecule has 1 aromatic carbocycles. The largest absolute Gasteiger partial charge is 0.491 e. The second-order valence-electron chi connectivity index (χ2n) is 4.45. The van der Waals surface area contributed by atoms with Gasteiger partial charge in [0.05, 0.1) is 6.10 Å². The van der Waals surface area contributed by atoms with Crippen LogP contribution >= 0.6 is 0 Å². The number of ether oxygens (including phenoxy) is 1. The monoisotopic (exact) mass is 230 g/mol. The molecule has 1 nitrogen and oxygen atoms in total. The van der Waals surface area contributed by atoms with Crippen molar-refractivity contribution in [1.29, 1.82) is 0 Å². The molecule has 0 aliphatic heterocycles. The van der Waals surface area contributed by atoms with Crippen LogP contribution in [0.1, 0.15) is 51.5 Å². The smallest absolute Gasteiger partial charge is 0.119 e. The van der Waals surface area contributed by atoms with Crippen LogP contribution in [0.3, 0.4) is 0 Å². The maximum Gasteiger partial charge on any atom is 0.119 e. The third kappa shape index (κ3) is 5.45. The molecular formula is C16H22O. The van der Waals surface area contributed by atoms with Gasteiger partial charge in [0, 0.05) is 5.56 Å². The summed E-state index contributed by atoms with van der Waals surface area (Å²) in [7, 11) is 0. The normalized spacial score (nSPS) is 11.8. The summed E-state index contributed by atoms with van der Waals surface area (Å²) in [6, 6.07) is 7.72. The minimum Gasteiger partial charge on any atom is -0.491 e. The van der Waals surface area contributed by atoms with Crippen molar-refractivity contribution in [2.24, 2.45) is 0 Å². The summed E-state index contributed by atoms with van der Waals surface area (Å²) in [4.78, 5) is 0. The van der Waals surface area contributed by atoms with Crippen LogP contribution in [-0.2, 0) is 0 Å². The van der Waals surface area contributed by atoms with E-state index < -0.39 is 0 Å². The first-order valence-electron chi connectivity index (χ1n) is 6.49. The lowest BCUT2D eigenvalue weighted by atomic mass is 10.1. The minimum atomic E-state index is 0.281. The van der Waals surface area contributed by atoms with E-state index in [1.165, 1.54) is 25.7 Å². The predicted octanol–water partition coefficient (Wildman–Crippen LogP) is 4.41. The van der Waals surface area contributed by atoms with Crippen LogP contribution in [0.5, 0.6) is 5.75 Å². The van der Waals surface area contributed by atoms with Crippen LogP contribution in [0.15, 0.2) is 24.3 Å². The molecule has 0 aromatic heterocycles. The first-order valence-corrected chi connectivity index (χ1v) is 6.49. The van der Waals surface area contributed by atoms with Crippen molar-refractivity contribution in [2.75, 3.05) is 0 Å². The maximum absolute atomic E-state index is 5.83. The van der Waals surface area contributed by atoms with Gasteiger partial charge in [0.1, 0.15) is 5.75 Å². The Labute approximate surface area is 105 Å². The fourth-order valence-electron chi connectivity index (χ4n) is 1.78. The molecule has 17 heavy (non-hydrogen) atoms. The van der Waals surface area contributed by atoms with Gasteiger partial charge in [-0.2, -0.15) is 0 Å². The van der Waals surface area contributed by atoms with Gasteiger partial charge in [0.25, 0.3) is 0 Å². The predicted molar refractivity (Wildman–Crippen MR) is 73.2 cm³/mol. The summed E-state index contributed by atoms with van der Waals surface area (Å²) in [6.45, 7) is 4.36. The molecule has 0 saturated heterocycles. The van der Waals surface area contributed by atoms with Gasteiger partial charge in [-0.1, -0.05) is 32.1 Å². The second kappa shape index (κ2) is 7.79. The van der Waals surface area contributed by atoms with E-state index in [1.807, 2.05) is 24.3 Å². The molecule has 0 fully saturated rings. The molecule has 0 saturated carbocycles. The van der Waals surface area contributed by atoms with Gasteiger partial charge in [0.2, 0.25) is 0 Å². The number of hydrogen-bond acceptors (Lipinski definition) is 1. The van der Waals surface area contributed by atoms with E-state index in [9.17, 15) is 0 Å². The minimum absolute atomic E-state index is 0.281. The maximum atomic E-state index is 5.83. The molecule has 0 aliphatic carbocycles. The summed E-state index contributed by atoms with van der Waals surface area (Å²) < 4.78 is 5.83. The molecule has 1 unspecified atom stereocenters. The molecule has 1 atom stereocenters. The Morgan fingerprint density at radius 3 is 2.47 bits per heavy atom. The third-order valence-electron chi connectivity index (χ3n) is 2.82. The highest BCUT2D eigenvalue weighted by molar-refractivity contribution is 5.36. The molecule has 92 valence electrons. The van der Waals surface area contributed by atoms with Gasteiger partial charge in [-0.25, -0.2) is 0 Å². The standard InChI is InChI=1S/C16H22O/c1-4-6-7-8-9-14(3)17-16-12-10-15(5-2)11-13-16/h2,10-14H,4,6-9H2,1,3H3. The lowest BCUT2D eigenvalue weighted by Gasteiger charge is -2.14. The number of benzene rings is 1. The second-order valence-corrected chi connectivity index (χ2v) is 4.45. The Kier molecular flexibility index (Phi) is 6.25. The molecule has 0 spiro atoms. The van der Waals surface area contributed by atoms with Gasteiger partial charge >= 0.3 is 0 Å². The van der Waals surface area contributed by atoms with Crippen molar-refractivity contribution in [2.45, 2.75) is 52.1 Å². The lowest BCUT2D eigenvalue weighted by molar-refractivity contribution is 0.206. The molecule has 1 heteroatoms. The quantitative estimate of drug-likeness (QED) is 0.498. The average molecular weight is 230 g/mol. The molecule has 0 heterocycles. The van der Waals surface area contributed by atoms with Crippen LogP contribution in [-0.4, -0.2) is 6.10 Å². The number of hydrogen-bond donors (Lipinski definition) is 0. The molecule has 1 aromatic rings. The fourth-order valence-corrected chi connectivity index (χ4v) is 1.78. The Morgan fingerprint density at radius 1 is 1.18 bits per heavy atom. The van der Waals surface area contributed by atoms with E-state index in [1.54, 1.807) is 0 Å². The van der Waals surface area contributed by atoms with Crippen molar-refractivity contribution < 1.29 is 4.74 Å². The molecule has 1 rings (SSSR count). The van der Waals surface area contributed by atoms with E-state index in [2.05, 4.69) is 19.8 Å². The fraction of sp³-hybridized carbons (Fsp3) is 0.500. The zero-order valence-electron chi connectivity index (χ0n) is 10.9. The van der Waals surface area contributed by atoms with Gasteiger partial charge in [-0.15, -0.1) is 6.42 Å². The summed E-state index contributed by atoms with van der Waals surface area (Å²) in [6.07, 6.45) is 11.9. The van der Waals surface area contributed by atoms with Gasteiger partial charge in [-0.05, 0) is 44.0 Å². The van der Waals surface area contributed by atoms with Crippen molar-refractivity contribution in [3.05, 3.63) is 29.8 Å². The third-order valence-corrected chi connectivity index (χ3v) is 2.82. The van der Waals surface area contributed by atoms with Crippen molar-refractivity contribution in [1.82, 2.24) is 0 Å². The van der Waals surface area contributed by atoms with Crippen LogP contribution in [0.25, 0.3) is 0 Å². The SMILES string of the molecule is C#Cc1ccc(OC(C)CCCCCC)cc1. The molecule has 0 N–H and O–H groups in total. The first kappa shape index (κ1) is 13.6. The number of rotatable bonds is 7. The zero-order chi connectivity index (χ0) is 12.5. The molecular weight excluding hydrogens is 208 g/mol. The molecule has 0 amide bonds. The Bertz CT molecular complexity index is 345. The van der Waals surface area contributed by atoms with Crippen molar-refractivity contribution in [3.63, 3.8) is 0 Å². The van der Waals surface area contributed by atoms with Gasteiger partial charge in [-0.3, -0.25) is 0 Å². The lowest BCUT2D eigenvalue weighted by Crippen LogP contribution is -2.11. The van der Waals surface area contributed by atoms with E-state index in [0.29, 0.717) is 0 Å². The van der Waals surface area contributed by atoms with Gasteiger partial charge < -0.3 is 4.74 Å². The summed E-state index contributed by atoms with van der Waals surface area (Å²) in [5.41, 5.74) is 0.896. The van der Waals surface area contributed by atoms with Crippen molar-refractivity contribution >= 4 is 0 Å². The van der Waals surface area contributed by atoms with E-state index in [-0.39, 0.29) is 6.10 Å². The molecule has 0 radical (unpaired) electrons. The molecule has 0 aliphatic rings. The summed E-state index contributed by atoms with van der Waals surface area (Å²) in [5, 5.41) is 0.